The minimum atomic E-state index is 0.0528. The van der Waals surface area contributed by atoms with Crippen LogP contribution in [0, 0.1) is 5.92 Å². The first-order valence-corrected chi connectivity index (χ1v) is 5.86. The fraction of sp³-hybridized carbons (Fsp3) is 0.545. The normalized spacial score (nSPS) is 20.3. The van der Waals surface area contributed by atoms with E-state index in [2.05, 4.69) is 18.3 Å². The van der Waals surface area contributed by atoms with Crippen molar-refractivity contribution in [2.75, 3.05) is 7.05 Å². The van der Waals surface area contributed by atoms with E-state index >= 15 is 0 Å². The molecule has 0 aromatic carbocycles. The van der Waals surface area contributed by atoms with Gasteiger partial charge in [0.1, 0.15) is 0 Å². The van der Waals surface area contributed by atoms with Crippen LogP contribution in [0.15, 0.2) is 6.07 Å². The monoisotopic (exact) mass is 209 g/mol. The molecule has 3 heteroatoms. The fourth-order valence-corrected chi connectivity index (χ4v) is 3.10. The third kappa shape index (κ3) is 1.69. The molecule has 0 saturated heterocycles. The molecule has 1 atom stereocenters. The number of rotatable bonds is 1. The molecule has 1 heterocycles. The Bertz CT molecular complexity index is 356. The summed E-state index contributed by atoms with van der Waals surface area (Å²) in [6.45, 7) is 2.28. The van der Waals surface area contributed by atoms with Gasteiger partial charge in [0, 0.05) is 11.9 Å². The molecule has 76 valence electrons. The summed E-state index contributed by atoms with van der Waals surface area (Å²) in [5.41, 5.74) is 1.40. The van der Waals surface area contributed by atoms with Gasteiger partial charge in [-0.05, 0) is 36.8 Å². The van der Waals surface area contributed by atoms with Crippen molar-refractivity contribution in [2.45, 2.75) is 26.2 Å². The van der Waals surface area contributed by atoms with Crippen LogP contribution in [0.1, 0.15) is 33.5 Å². The molecule has 0 bridgehead atoms. The van der Waals surface area contributed by atoms with E-state index in [1.54, 1.807) is 18.4 Å². The van der Waals surface area contributed by atoms with Gasteiger partial charge in [0.2, 0.25) is 0 Å². The molecular formula is C11H15NOS. The van der Waals surface area contributed by atoms with Crippen LogP contribution in [0.2, 0.25) is 0 Å². The lowest BCUT2D eigenvalue weighted by atomic mass is 9.90. The van der Waals surface area contributed by atoms with E-state index in [-0.39, 0.29) is 5.91 Å². The van der Waals surface area contributed by atoms with Gasteiger partial charge in [0.25, 0.3) is 5.91 Å². The zero-order chi connectivity index (χ0) is 10.1. The maximum Gasteiger partial charge on any atom is 0.261 e. The number of carbonyl (C=O) groups excluding carboxylic acids is 1. The van der Waals surface area contributed by atoms with Gasteiger partial charge in [-0.25, -0.2) is 0 Å². The molecule has 1 N–H and O–H groups in total. The summed E-state index contributed by atoms with van der Waals surface area (Å²) in [5, 5.41) is 2.67. The lowest BCUT2D eigenvalue weighted by Gasteiger charge is -2.16. The molecule has 2 rings (SSSR count). The van der Waals surface area contributed by atoms with Gasteiger partial charge in [-0.15, -0.1) is 11.3 Å². The minimum absolute atomic E-state index is 0.0528. The van der Waals surface area contributed by atoms with Gasteiger partial charge in [0.05, 0.1) is 4.88 Å². The number of nitrogens with one attached hydrogen (secondary N) is 1. The Labute approximate surface area is 88.3 Å². The predicted molar refractivity (Wildman–Crippen MR) is 58.9 cm³/mol. The van der Waals surface area contributed by atoms with Gasteiger partial charge >= 0.3 is 0 Å². The number of fused-ring (bicyclic) bond motifs is 1. The van der Waals surface area contributed by atoms with Crippen LogP contribution in [-0.4, -0.2) is 13.0 Å². The van der Waals surface area contributed by atoms with E-state index in [0.29, 0.717) is 0 Å². The Hall–Kier alpha value is -0.830. The largest absolute Gasteiger partial charge is 0.354 e. The molecule has 0 spiro atoms. The van der Waals surface area contributed by atoms with E-state index in [1.807, 2.05) is 0 Å². The highest BCUT2D eigenvalue weighted by atomic mass is 32.1. The van der Waals surface area contributed by atoms with Crippen molar-refractivity contribution in [3.8, 4) is 0 Å². The number of carbonyl (C=O) groups is 1. The van der Waals surface area contributed by atoms with Crippen LogP contribution in [-0.2, 0) is 12.8 Å². The van der Waals surface area contributed by atoms with E-state index in [9.17, 15) is 4.79 Å². The SMILES string of the molecule is CNC(=O)c1cc2c(s1)CC[C@@H](C)C2. The van der Waals surface area contributed by atoms with Crippen LogP contribution in [0.25, 0.3) is 0 Å². The van der Waals surface area contributed by atoms with E-state index in [4.69, 9.17) is 0 Å². The minimum Gasteiger partial charge on any atom is -0.354 e. The Kier molecular flexibility index (Phi) is 2.59. The summed E-state index contributed by atoms with van der Waals surface area (Å²) < 4.78 is 0. The van der Waals surface area contributed by atoms with Crippen molar-refractivity contribution >= 4 is 17.2 Å². The summed E-state index contributed by atoms with van der Waals surface area (Å²) in [5.74, 6) is 0.826. The molecule has 14 heavy (non-hydrogen) atoms. The van der Waals surface area contributed by atoms with Gasteiger partial charge in [-0.1, -0.05) is 6.92 Å². The van der Waals surface area contributed by atoms with Gasteiger partial charge in [-0.3, -0.25) is 4.79 Å². The van der Waals surface area contributed by atoms with Crippen LogP contribution in [0.5, 0.6) is 0 Å². The van der Waals surface area contributed by atoms with Crippen molar-refractivity contribution in [1.29, 1.82) is 0 Å². The van der Waals surface area contributed by atoms with E-state index in [0.717, 1.165) is 23.6 Å². The second kappa shape index (κ2) is 3.73. The first-order chi connectivity index (χ1) is 6.70. The van der Waals surface area contributed by atoms with Crippen molar-refractivity contribution in [3.05, 3.63) is 21.4 Å². The zero-order valence-corrected chi connectivity index (χ0v) is 9.41. The van der Waals surface area contributed by atoms with Gasteiger partial charge in [0.15, 0.2) is 0 Å². The number of thiophene rings is 1. The highest BCUT2D eigenvalue weighted by Gasteiger charge is 2.19. The Morgan fingerprint density at radius 2 is 2.43 bits per heavy atom. The molecule has 0 unspecified atom stereocenters. The highest BCUT2D eigenvalue weighted by molar-refractivity contribution is 7.14. The molecule has 0 radical (unpaired) electrons. The highest BCUT2D eigenvalue weighted by Crippen LogP contribution is 2.31. The molecule has 1 aliphatic rings. The van der Waals surface area contributed by atoms with Gasteiger partial charge < -0.3 is 5.32 Å². The average molecular weight is 209 g/mol. The number of hydrogen-bond acceptors (Lipinski definition) is 2. The zero-order valence-electron chi connectivity index (χ0n) is 8.59. The lowest BCUT2D eigenvalue weighted by Crippen LogP contribution is -2.16. The molecule has 0 saturated carbocycles. The number of aryl methyl sites for hydroxylation is 1. The van der Waals surface area contributed by atoms with Crippen LogP contribution in [0.4, 0.5) is 0 Å². The van der Waals surface area contributed by atoms with Crippen molar-refractivity contribution in [1.82, 2.24) is 5.32 Å². The number of hydrogen-bond donors (Lipinski definition) is 1. The third-order valence-corrected chi connectivity index (χ3v) is 4.02. The standard InChI is InChI=1S/C11H15NOS/c1-7-3-4-9-8(5-7)6-10(14-9)11(13)12-2/h6-7H,3-5H2,1-2H3,(H,12,13)/t7-/m1/s1. The van der Waals surface area contributed by atoms with E-state index in [1.165, 1.54) is 16.9 Å². The maximum atomic E-state index is 11.4. The molecule has 1 aliphatic carbocycles. The first-order valence-electron chi connectivity index (χ1n) is 5.04. The molecular weight excluding hydrogens is 194 g/mol. The van der Waals surface area contributed by atoms with Crippen molar-refractivity contribution in [3.63, 3.8) is 0 Å². The second-order valence-corrected chi connectivity index (χ2v) is 5.12. The van der Waals surface area contributed by atoms with Crippen molar-refractivity contribution in [2.24, 2.45) is 5.92 Å². The van der Waals surface area contributed by atoms with Crippen LogP contribution < -0.4 is 5.32 Å². The van der Waals surface area contributed by atoms with Gasteiger partial charge in [-0.2, -0.15) is 0 Å². The van der Waals surface area contributed by atoms with Crippen LogP contribution >= 0.6 is 11.3 Å². The second-order valence-electron chi connectivity index (χ2n) is 3.99. The molecule has 1 aromatic rings. The molecule has 1 aromatic heterocycles. The summed E-state index contributed by atoms with van der Waals surface area (Å²) in [4.78, 5) is 13.7. The smallest absolute Gasteiger partial charge is 0.261 e. The Morgan fingerprint density at radius 3 is 3.14 bits per heavy atom. The summed E-state index contributed by atoms with van der Waals surface area (Å²) in [7, 11) is 1.68. The number of amides is 1. The fourth-order valence-electron chi connectivity index (χ4n) is 1.94. The summed E-state index contributed by atoms with van der Waals surface area (Å²) >= 11 is 1.66. The predicted octanol–water partition coefficient (Wildman–Crippen LogP) is 2.23. The topological polar surface area (TPSA) is 29.1 Å². The molecule has 0 fully saturated rings. The molecule has 1 amide bonds. The quantitative estimate of drug-likeness (QED) is 0.755. The third-order valence-electron chi connectivity index (χ3n) is 2.78. The lowest BCUT2D eigenvalue weighted by molar-refractivity contribution is 0.0967. The average Bonchev–Trinajstić information content (AvgIpc) is 2.59. The Morgan fingerprint density at radius 1 is 1.64 bits per heavy atom. The summed E-state index contributed by atoms with van der Waals surface area (Å²) in [6.07, 6.45) is 3.56. The summed E-state index contributed by atoms with van der Waals surface area (Å²) in [6, 6.07) is 2.06. The molecule has 2 nitrogen and oxygen atoms in total. The molecule has 0 aliphatic heterocycles. The van der Waals surface area contributed by atoms with Crippen molar-refractivity contribution < 1.29 is 4.79 Å². The Balaban J connectivity index is 2.27. The van der Waals surface area contributed by atoms with Crippen LogP contribution in [0.3, 0.4) is 0 Å². The maximum absolute atomic E-state index is 11.4. The first kappa shape index (κ1) is 9.71. The van der Waals surface area contributed by atoms with E-state index < -0.39 is 0 Å².